The fourth-order valence-corrected chi connectivity index (χ4v) is 2.95. The lowest BCUT2D eigenvalue weighted by atomic mass is 9.93. The number of nitrogens with one attached hydrogen (secondary N) is 2. The van der Waals surface area contributed by atoms with Gasteiger partial charge < -0.3 is 20.1 Å². The van der Waals surface area contributed by atoms with Crippen molar-refractivity contribution >= 4 is 11.8 Å². The van der Waals surface area contributed by atoms with Crippen molar-refractivity contribution in [3.63, 3.8) is 0 Å². The van der Waals surface area contributed by atoms with Crippen LogP contribution in [0.25, 0.3) is 0 Å². The lowest BCUT2D eigenvalue weighted by molar-refractivity contribution is 0.163. The molecule has 1 aromatic rings. The molecule has 5 heteroatoms. The Hall–Kier alpha value is -1.75. The van der Waals surface area contributed by atoms with Crippen LogP contribution in [-0.2, 0) is 15.0 Å². The number of benzene rings is 1. The van der Waals surface area contributed by atoms with Crippen molar-refractivity contribution in [3.05, 3.63) is 29.8 Å². The van der Waals surface area contributed by atoms with Crippen LogP contribution in [0.15, 0.2) is 24.3 Å². The highest BCUT2D eigenvalue weighted by molar-refractivity contribution is 5.71. The fraction of sp³-hybridized carbons (Fsp3) is 0.588. The molecule has 1 aromatic carbocycles. The molecule has 2 atom stereocenters. The summed E-state index contributed by atoms with van der Waals surface area (Å²) in [5.41, 5.74) is 1.95. The van der Waals surface area contributed by atoms with Gasteiger partial charge in [-0.3, -0.25) is 0 Å². The van der Waals surface area contributed by atoms with Crippen LogP contribution in [0.3, 0.4) is 0 Å². The van der Waals surface area contributed by atoms with Crippen LogP contribution in [0.5, 0.6) is 0 Å². The van der Waals surface area contributed by atoms with Crippen molar-refractivity contribution in [2.45, 2.75) is 38.3 Å². The van der Waals surface area contributed by atoms with Gasteiger partial charge in [-0.15, -0.1) is 0 Å². The van der Waals surface area contributed by atoms with Crippen molar-refractivity contribution in [1.82, 2.24) is 5.32 Å². The molecule has 120 valence electrons. The van der Waals surface area contributed by atoms with E-state index in [0.29, 0.717) is 24.7 Å². The maximum absolute atomic E-state index is 11.4. The molecule has 0 bridgehead atoms. The molecule has 1 heterocycles. The highest BCUT2D eigenvalue weighted by Crippen LogP contribution is 2.49. The highest BCUT2D eigenvalue weighted by Gasteiger charge is 2.45. The first-order chi connectivity index (χ1) is 10.5. The molecule has 2 aliphatic rings. The molecule has 1 saturated heterocycles. The van der Waals surface area contributed by atoms with E-state index in [1.54, 1.807) is 7.11 Å². The van der Waals surface area contributed by atoms with Crippen LogP contribution >= 0.6 is 0 Å². The third-order valence-electron chi connectivity index (χ3n) is 4.92. The quantitative estimate of drug-likeness (QED) is 0.848. The minimum atomic E-state index is -0.463. The molecule has 2 fully saturated rings. The SMILES string of the molecule is COCC(Nc1cccc(C2(C)COC(=O)N2)c1)C1(C)CC1. The number of carbonyl (C=O) groups excluding carboxylic acids is 1. The maximum atomic E-state index is 11.4. The number of amides is 1. The highest BCUT2D eigenvalue weighted by atomic mass is 16.6. The predicted octanol–water partition coefficient (Wildman–Crippen LogP) is 2.87. The average molecular weight is 304 g/mol. The predicted molar refractivity (Wildman–Crippen MR) is 84.9 cm³/mol. The van der Waals surface area contributed by atoms with E-state index in [2.05, 4.69) is 29.7 Å². The van der Waals surface area contributed by atoms with E-state index in [1.165, 1.54) is 12.8 Å². The number of cyclic esters (lactones) is 1. The Morgan fingerprint density at radius 1 is 1.41 bits per heavy atom. The molecular weight excluding hydrogens is 280 g/mol. The van der Waals surface area contributed by atoms with Gasteiger partial charge in [0.2, 0.25) is 0 Å². The summed E-state index contributed by atoms with van der Waals surface area (Å²) in [6, 6.07) is 8.47. The standard InChI is InChI=1S/C17H24N2O3/c1-16(7-8-16)14(10-21-3)18-13-6-4-5-12(9-13)17(2)11-22-15(20)19-17/h4-6,9,14,18H,7-8,10-11H2,1-3H3,(H,19,20). The lowest BCUT2D eigenvalue weighted by Gasteiger charge is -2.27. The number of ether oxygens (including phenoxy) is 2. The van der Waals surface area contributed by atoms with E-state index in [-0.39, 0.29) is 6.09 Å². The molecule has 1 aliphatic heterocycles. The molecule has 3 rings (SSSR count). The van der Waals surface area contributed by atoms with Crippen molar-refractivity contribution in [2.75, 3.05) is 25.6 Å². The first-order valence-corrected chi connectivity index (χ1v) is 7.76. The van der Waals surface area contributed by atoms with E-state index in [9.17, 15) is 4.79 Å². The zero-order valence-corrected chi connectivity index (χ0v) is 13.4. The number of alkyl carbamates (subject to hydrolysis) is 1. The van der Waals surface area contributed by atoms with E-state index in [4.69, 9.17) is 9.47 Å². The summed E-state index contributed by atoms with van der Waals surface area (Å²) < 4.78 is 10.4. The Morgan fingerprint density at radius 2 is 2.18 bits per heavy atom. The first-order valence-electron chi connectivity index (χ1n) is 7.76. The summed E-state index contributed by atoms with van der Waals surface area (Å²) in [5.74, 6) is 0. The topological polar surface area (TPSA) is 59.6 Å². The third-order valence-corrected chi connectivity index (χ3v) is 4.92. The van der Waals surface area contributed by atoms with Crippen molar-refractivity contribution in [2.24, 2.45) is 5.41 Å². The molecule has 5 nitrogen and oxygen atoms in total. The van der Waals surface area contributed by atoms with E-state index in [0.717, 1.165) is 11.3 Å². The number of hydrogen-bond acceptors (Lipinski definition) is 4. The van der Waals surface area contributed by atoms with Crippen LogP contribution in [0.2, 0.25) is 0 Å². The van der Waals surface area contributed by atoms with Crippen molar-refractivity contribution in [3.8, 4) is 0 Å². The van der Waals surface area contributed by atoms with Gasteiger partial charge in [0.05, 0.1) is 18.2 Å². The van der Waals surface area contributed by atoms with Crippen LogP contribution in [0.1, 0.15) is 32.3 Å². The fourth-order valence-electron chi connectivity index (χ4n) is 2.95. The lowest BCUT2D eigenvalue weighted by Crippen LogP contribution is -2.37. The second kappa shape index (κ2) is 5.47. The van der Waals surface area contributed by atoms with Crippen molar-refractivity contribution in [1.29, 1.82) is 0 Å². The van der Waals surface area contributed by atoms with Gasteiger partial charge in [-0.2, -0.15) is 0 Å². The van der Waals surface area contributed by atoms with E-state index >= 15 is 0 Å². The zero-order valence-electron chi connectivity index (χ0n) is 13.4. The van der Waals surface area contributed by atoms with Gasteiger partial charge in [-0.25, -0.2) is 4.79 Å². The number of carbonyl (C=O) groups is 1. The Labute approximate surface area is 131 Å². The van der Waals surface area contributed by atoms with Gasteiger partial charge in [-0.1, -0.05) is 19.1 Å². The van der Waals surface area contributed by atoms with Crippen LogP contribution in [0, 0.1) is 5.41 Å². The smallest absolute Gasteiger partial charge is 0.408 e. The maximum Gasteiger partial charge on any atom is 0.408 e. The number of rotatable bonds is 6. The molecule has 0 spiro atoms. The summed E-state index contributed by atoms with van der Waals surface area (Å²) in [4.78, 5) is 11.4. The minimum Gasteiger partial charge on any atom is -0.447 e. The molecule has 1 aliphatic carbocycles. The van der Waals surface area contributed by atoms with Gasteiger partial charge in [0, 0.05) is 12.8 Å². The van der Waals surface area contributed by atoms with Crippen LogP contribution < -0.4 is 10.6 Å². The van der Waals surface area contributed by atoms with E-state index < -0.39 is 5.54 Å². The molecule has 2 unspecified atom stereocenters. The summed E-state index contributed by atoms with van der Waals surface area (Å²) in [7, 11) is 1.74. The largest absolute Gasteiger partial charge is 0.447 e. The molecular formula is C17H24N2O3. The Kier molecular flexibility index (Phi) is 3.77. The van der Waals surface area contributed by atoms with E-state index in [1.807, 2.05) is 19.1 Å². The number of anilines is 1. The summed E-state index contributed by atoms with van der Waals surface area (Å²) in [6.45, 7) is 5.32. The molecule has 1 saturated carbocycles. The summed E-state index contributed by atoms with van der Waals surface area (Å²) >= 11 is 0. The van der Waals surface area contributed by atoms with Crippen LogP contribution in [-0.4, -0.2) is 32.5 Å². The monoisotopic (exact) mass is 304 g/mol. The van der Waals surface area contributed by atoms with Crippen LogP contribution in [0.4, 0.5) is 10.5 Å². The summed E-state index contributed by atoms with van der Waals surface area (Å²) in [5, 5.41) is 6.48. The Bertz CT molecular complexity index is 571. The molecule has 0 radical (unpaired) electrons. The van der Waals surface area contributed by atoms with Gasteiger partial charge >= 0.3 is 6.09 Å². The molecule has 1 amide bonds. The molecule has 2 N–H and O–H groups in total. The van der Waals surface area contributed by atoms with Gasteiger partial charge in [0.15, 0.2) is 0 Å². The molecule has 22 heavy (non-hydrogen) atoms. The average Bonchev–Trinajstić information content (AvgIpc) is 3.14. The summed E-state index contributed by atoms with van der Waals surface area (Å²) in [6.07, 6.45) is 2.11. The normalized spacial score (nSPS) is 27.0. The minimum absolute atomic E-state index is 0.301. The zero-order chi connectivity index (χ0) is 15.8. The van der Waals surface area contributed by atoms with Gasteiger partial charge in [-0.05, 0) is 42.9 Å². The third kappa shape index (κ3) is 2.90. The number of hydrogen-bond donors (Lipinski definition) is 2. The first kappa shape index (κ1) is 15.2. The van der Waals surface area contributed by atoms with Crippen molar-refractivity contribution < 1.29 is 14.3 Å². The Balaban J connectivity index is 1.77. The Morgan fingerprint density at radius 3 is 2.77 bits per heavy atom. The number of methoxy groups -OCH3 is 1. The van der Waals surface area contributed by atoms with Gasteiger partial charge in [0.25, 0.3) is 0 Å². The second-order valence-corrected chi connectivity index (χ2v) is 6.92. The van der Waals surface area contributed by atoms with Gasteiger partial charge in [0.1, 0.15) is 6.61 Å². The second-order valence-electron chi connectivity index (χ2n) is 6.92. The molecule has 0 aromatic heterocycles.